The molecule has 180 valence electrons. The van der Waals surface area contributed by atoms with E-state index >= 15 is 0 Å². The predicted molar refractivity (Wildman–Crippen MR) is 136 cm³/mol. The van der Waals surface area contributed by atoms with Crippen LogP contribution in [0.2, 0.25) is 0 Å². The summed E-state index contributed by atoms with van der Waals surface area (Å²) in [6.45, 7) is 0. The van der Waals surface area contributed by atoms with Crippen molar-refractivity contribution in [3.05, 3.63) is 109 Å². The van der Waals surface area contributed by atoms with Crippen molar-refractivity contribution >= 4 is 11.6 Å². The highest BCUT2D eigenvalue weighted by Gasteiger charge is 2.23. The van der Waals surface area contributed by atoms with Crippen molar-refractivity contribution in [2.75, 3.05) is 19.5 Å². The molecular formula is C28H23FN4O3. The highest BCUT2D eigenvalue weighted by atomic mass is 19.1. The van der Waals surface area contributed by atoms with Gasteiger partial charge >= 0.3 is 0 Å². The normalized spacial score (nSPS) is 10.8. The van der Waals surface area contributed by atoms with E-state index in [4.69, 9.17) is 14.6 Å². The molecule has 0 saturated carbocycles. The number of benzene rings is 3. The Balaban J connectivity index is 1.60. The number of ether oxygens (including phenoxy) is 2. The summed E-state index contributed by atoms with van der Waals surface area (Å²) in [6, 6.07) is 23.0. The van der Waals surface area contributed by atoms with Crippen molar-refractivity contribution in [3.63, 3.8) is 0 Å². The number of nitrogens with one attached hydrogen (secondary N) is 1. The van der Waals surface area contributed by atoms with Gasteiger partial charge in [-0.05, 0) is 60.7 Å². The van der Waals surface area contributed by atoms with Crippen LogP contribution in [0.5, 0.6) is 11.5 Å². The number of aromatic nitrogens is 3. The zero-order chi connectivity index (χ0) is 25.1. The molecule has 1 amide bonds. The Kier molecular flexibility index (Phi) is 6.23. The number of nitrogens with zero attached hydrogens (tertiary/aromatic N) is 3. The molecule has 0 bridgehead atoms. The van der Waals surface area contributed by atoms with Crippen molar-refractivity contribution in [2.24, 2.45) is 0 Å². The van der Waals surface area contributed by atoms with Gasteiger partial charge in [-0.25, -0.2) is 9.07 Å². The molecule has 8 heteroatoms. The van der Waals surface area contributed by atoms with Crippen molar-refractivity contribution in [3.8, 4) is 34.1 Å². The van der Waals surface area contributed by atoms with Crippen LogP contribution in [0.1, 0.15) is 10.4 Å². The number of halogens is 1. The molecule has 1 N–H and O–H groups in total. The molecule has 0 saturated heterocycles. The minimum Gasteiger partial charge on any atom is -0.497 e. The van der Waals surface area contributed by atoms with Crippen LogP contribution < -0.4 is 14.8 Å². The van der Waals surface area contributed by atoms with Crippen LogP contribution in [0.3, 0.4) is 0 Å². The second-order valence-electron chi connectivity index (χ2n) is 7.95. The smallest absolute Gasteiger partial charge is 0.259 e. The maximum atomic E-state index is 14.7. The molecule has 36 heavy (non-hydrogen) atoms. The lowest BCUT2D eigenvalue weighted by Crippen LogP contribution is -2.14. The van der Waals surface area contributed by atoms with E-state index in [1.807, 2.05) is 59.4 Å². The van der Waals surface area contributed by atoms with Crippen LogP contribution in [0, 0.1) is 5.82 Å². The zero-order valence-corrected chi connectivity index (χ0v) is 19.7. The summed E-state index contributed by atoms with van der Waals surface area (Å²) in [5.74, 6) is 0.0386. The van der Waals surface area contributed by atoms with Gasteiger partial charge in [0, 0.05) is 29.8 Å². The van der Waals surface area contributed by atoms with E-state index in [0.29, 0.717) is 28.4 Å². The summed E-state index contributed by atoms with van der Waals surface area (Å²) in [6.07, 6.45) is 5.30. The molecule has 2 heterocycles. The standard InChI is InChI=1S/C28H23FN4O3/c1-35-21-11-13-26(36-2)22(17-21)27-23(18-33(31-27)19-8-4-3-5-9-19)28(34)30-25-16-20(10-12-24(25)29)32-14-6-7-15-32/h3-18H,1-2H3,(H,30,34). The number of methoxy groups -OCH3 is 2. The molecule has 5 rings (SSSR count). The average Bonchev–Trinajstić information content (AvgIpc) is 3.61. The van der Waals surface area contributed by atoms with E-state index in [2.05, 4.69) is 5.32 Å². The minimum atomic E-state index is -0.546. The first-order valence-electron chi connectivity index (χ1n) is 11.2. The van der Waals surface area contributed by atoms with Crippen LogP contribution in [-0.4, -0.2) is 34.5 Å². The van der Waals surface area contributed by atoms with Gasteiger partial charge in [-0.3, -0.25) is 4.79 Å². The molecule has 7 nitrogen and oxygen atoms in total. The topological polar surface area (TPSA) is 70.3 Å². The number of anilines is 1. The number of hydrogen-bond acceptors (Lipinski definition) is 4. The molecule has 0 radical (unpaired) electrons. The molecule has 0 unspecified atom stereocenters. The van der Waals surface area contributed by atoms with Gasteiger partial charge in [0.05, 0.1) is 31.2 Å². The van der Waals surface area contributed by atoms with Crippen LogP contribution in [0.25, 0.3) is 22.6 Å². The number of carbonyl (C=O) groups excluding carboxylic acids is 1. The Bertz CT molecular complexity index is 1510. The number of amides is 1. The summed E-state index contributed by atoms with van der Waals surface area (Å²) in [4.78, 5) is 13.5. The van der Waals surface area contributed by atoms with Gasteiger partial charge in [0.25, 0.3) is 5.91 Å². The van der Waals surface area contributed by atoms with E-state index in [1.165, 1.54) is 6.07 Å². The lowest BCUT2D eigenvalue weighted by Gasteiger charge is -2.12. The highest BCUT2D eigenvalue weighted by Crippen LogP contribution is 2.35. The third kappa shape index (κ3) is 4.44. The molecule has 0 aliphatic rings. The summed E-state index contributed by atoms with van der Waals surface area (Å²) < 4.78 is 29.1. The van der Waals surface area contributed by atoms with Crippen LogP contribution >= 0.6 is 0 Å². The summed E-state index contributed by atoms with van der Waals surface area (Å²) in [5.41, 5.74) is 2.72. The molecule has 0 aliphatic heterocycles. The van der Waals surface area contributed by atoms with Crippen LogP contribution in [-0.2, 0) is 0 Å². The first-order chi connectivity index (χ1) is 17.6. The summed E-state index contributed by atoms with van der Waals surface area (Å²) in [7, 11) is 3.10. The quantitative estimate of drug-likeness (QED) is 0.321. The van der Waals surface area contributed by atoms with Crippen molar-refractivity contribution in [1.29, 1.82) is 0 Å². The average molecular weight is 483 g/mol. The lowest BCUT2D eigenvalue weighted by molar-refractivity contribution is 0.102. The second kappa shape index (κ2) is 9.79. The number of rotatable bonds is 7. The second-order valence-corrected chi connectivity index (χ2v) is 7.95. The summed E-state index contributed by atoms with van der Waals surface area (Å²) >= 11 is 0. The van der Waals surface area contributed by atoms with Gasteiger partial charge in [0.15, 0.2) is 0 Å². The maximum Gasteiger partial charge on any atom is 0.259 e. The summed E-state index contributed by atoms with van der Waals surface area (Å²) in [5, 5.41) is 7.42. The zero-order valence-electron chi connectivity index (χ0n) is 19.7. The van der Waals surface area contributed by atoms with Gasteiger partial charge in [-0.2, -0.15) is 5.10 Å². The predicted octanol–water partition coefficient (Wildman–Crippen LogP) is 5.74. The van der Waals surface area contributed by atoms with Gasteiger partial charge < -0.3 is 19.4 Å². The molecule has 5 aromatic rings. The fraction of sp³-hybridized carbons (Fsp3) is 0.0714. The largest absolute Gasteiger partial charge is 0.497 e. The highest BCUT2D eigenvalue weighted by molar-refractivity contribution is 6.08. The van der Waals surface area contributed by atoms with E-state index in [-0.39, 0.29) is 11.3 Å². The van der Waals surface area contributed by atoms with Crippen molar-refractivity contribution < 1.29 is 18.7 Å². The fourth-order valence-corrected chi connectivity index (χ4v) is 3.92. The Morgan fingerprint density at radius 2 is 1.67 bits per heavy atom. The van der Waals surface area contributed by atoms with Crippen LogP contribution in [0.15, 0.2) is 97.5 Å². The van der Waals surface area contributed by atoms with Gasteiger partial charge in [-0.1, -0.05) is 18.2 Å². The number of para-hydroxylation sites is 1. The van der Waals surface area contributed by atoms with Crippen molar-refractivity contribution in [2.45, 2.75) is 0 Å². The van der Waals surface area contributed by atoms with Crippen LogP contribution in [0.4, 0.5) is 10.1 Å². The third-order valence-corrected chi connectivity index (χ3v) is 5.74. The Hall–Kier alpha value is -4.85. The fourth-order valence-electron chi connectivity index (χ4n) is 3.92. The van der Waals surface area contributed by atoms with Gasteiger partial charge in [0.1, 0.15) is 23.0 Å². The molecule has 0 fully saturated rings. The number of carbonyl (C=O) groups is 1. The monoisotopic (exact) mass is 482 g/mol. The lowest BCUT2D eigenvalue weighted by atomic mass is 10.1. The Labute approximate surface area is 207 Å². The van der Waals surface area contributed by atoms with E-state index < -0.39 is 11.7 Å². The molecule has 2 aromatic heterocycles. The molecular weight excluding hydrogens is 459 g/mol. The Morgan fingerprint density at radius 1 is 0.889 bits per heavy atom. The maximum absolute atomic E-state index is 14.7. The first kappa shape index (κ1) is 22.9. The molecule has 3 aromatic carbocycles. The first-order valence-corrected chi connectivity index (χ1v) is 11.2. The Morgan fingerprint density at radius 3 is 2.39 bits per heavy atom. The molecule has 0 spiro atoms. The SMILES string of the molecule is COc1ccc(OC)c(-c2nn(-c3ccccc3)cc2C(=O)Nc2cc(-n3cccc3)ccc2F)c1. The number of hydrogen-bond donors (Lipinski definition) is 1. The van der Waals surface area contributed by atoms with Gasteiger partial charge in [0.2, 0.25) is 0 Å². The molecule has 0 aliphatic carbocycles. The minimum absolute atomic E-state index is 0.0576. The van der Waals surface area contributed by atoms with Crippen molar-refractivity contribution in [1.82, 2.24) is 14.3 Å². The molecule has 0 atom stereocenters. The van der Waals surface area contributed by atoms with E-state index in [0.717, 1.165) is 5.69 Å². The van der Waals surface area contributed by atoms with E-state index in [9.17, 15) is 9.18 Å². The van der Waals surface area contributed by atoms with Gasteiger partial charge in [-0.15, -0.1) is 0 Å². The third-order valence-electron chi connectivity index (χ3n) is 5.74. The van der Waals surface area contributed by atoms with E-state index in [1.54, 1.807) is 55.4 Å².